The second kappa shape index (κ2) is 5.20. The van der Waals surface area contributed by atoms with Crippen molar-refractivity contribution in [3.05, 3.63) is 63.2 Å². The zero-order chi connectivity index (χ0) is 14.4. The maximum absolute atomic E-state index is 6.71. The Hall–Kier alpha value is -1.22. The van der Waals surface area contributed by atoms with Crippen LogP contribution in [0.5, 0.6) is 5.75 Å². The number of benzene rings is 2. The van der Waals surface area contributed by atoms with Crippen LogP contribution in [-0.4, -0.2) is 6.61 Å². The minimum Gasteiger partial charge on any atom is -0.493 e. The smallest absolute Gasteiger partial charge is 0.127 e. The summed E-state index contributed by atoms with van der Waals surface area (Å²) in [6.45, 7) is 2.06. The highest BCUT2D eigenvalue weighted by atomic mass is 35.5. The van der Waals surface area contributed by atoms with E-state index in [1.807, 2.05) is 12.1 Å². The lowest BCUT2D eigenvalue weighted by atomic mass is 9.98. The third-order valence-corrected chi connectivity index (χ3v) is 4.79. The molecule has 1 atom stereocenters. The monoisotopic (exact) mass is 320 g/mol. The molecule has 2 aromatic carbocycles. The zero-order valence-electron chi connectivity index (χ0n) is 11.4. The Balaban J connectivity index is 1.77. The standard InChI is InChI=1S/C17H14Cl2O2/c18-14-6-11-3-4-21-17(11)15(7-14)16(19)10-1-2-12-8-20-9-13(12)5-10/h1-2,5-7,16H,3-4,8-9H2. The van der Waals surface area contributed by atoms with Crippen molar-refractivity contribution in [1.82, 2.24) is 0 Å². The van der Waals surface area contributed by atoms with Crippen LogP contribution in [0.25, 0.3) is 0 Å². The van der Waals surface area contributed by atoms with Crippen LogP contribution >= 0.6 is 23.2 Å². The number of alkyl halides is 1. The molecule has 0 amide bonds. The van der Waals surface area contributed by atoms with Gasteiger partial charge in [-0.3, -0.25) is 0 Å². The first-order valence-electron chi connectivity index (χ1n) is 7.01. The second-order valence-electron chi connectivity index (χ2n) is 5.47. The van der Waals surface area contributed by atoms with E-state index in [-0.39, 0.29) is 5.38 Å². The van der Waals surface area contributed by atoms with Crippen molar-refractivity contribution >= 4 is 23.2 Å². The number of rotatable bonds is 2. The second-order valence-corrected chi connectivity index (χ2v) is 6.34. The average molecular weight is 321 g/mol. The van der Waals surface area contributed by atoms with Gasteiger partial charge in [0.25, 0.3) is 0 Å². The molecule has 1 unspecified atom stereocenters. The Morgan fingerprint density at radius 3 is 2.76 bits per heavy atom. The molecule has 0 saturated heterocycles. The van der Waals surface area contributed by atoms with E-state index in [1.165, 1.54) is 11.1 Å². The van der Waals surface area contributed by atoms with Crippen molar-refractivity contribution in [3.8, 4) is 5.75 Å². The zero-order valence-corrected chi connectivity index (χ0v) is 12.9. The molecular formula is C17H14Cl2O2. The number of halogens is 2. The molecule has 2 heterocycles. The topological polar surface area (TPSA) is 18.5 Å². The van der Waals surface area contributed by atoms with Crippen LogP contribution in [-0.2, 0) is 24.4 Å². The van der Waals surface area contributed by atoms with Gasteiger partial charge >= 0.3 is 0 Å². The molecule has 2 nitrogen and oxygen atoms in total. The summed E-state index contributed by atoms with van der Waals surface area (Å²) in [7, 11) is 0. The van der Waals surface area contributed by atoms with Crippen molar-refractivity contribution in [2.24, 2.45) is 0 Å². The summed E-state index contributed by atoms with van der Waals surface area (Å²) in [5.41, 5.74) is 5.62. The first-order valence-corrected chi connectivity index (χ1v) is 7.82. The molecule has 108 valence electrons. The highest BCUT2D eigenvalue weighted by molar-refractivity contribution is 6.31. The fourth-order valence-corrected chi connectivity index (χ4v) is 3.56. The summed E-state index contributed by atoms with van der Waals surface area (Å²) in [5, 5.41) is 0.450. The van der Waals surface area contributed by atoms with Crippen molar-refractivity contribution in [3.63, 3.8) is 0 Å². The highest BCUT2D eigenvalue weighted by Gasteiger charge is 2.24. The van der Waals surface area contributed by atoms with Crippen LogP contribution in [0.4, 0.5) is 0 Å². The summed E-state index contributed by atoms with van der Waals surface area (Å²) < 4.78 is 11.2. The lowest BCUT2D eigenvalue weighted by Gasteiger charge is -2.15. The lowest BCUT2D eigenvalue weighted by Crippen LogP contribution is -1.99. The van der Waals surface area contributed by atoms with E-state index in [1.54, 1.807) is 0 Å². The minimum absolute atomic E-state index is 0.263. The Morgan fingerprint density at radius 2 is 1.86 bits per heavy atom. The third-order valence-electron chi connectivity index (χ3n) is 4.09. The summed E-state index contributed by atoms with van der Waals surface area (Å²) in [4.78, 5) is 0. The van der Waals surface area contributed by atoms with Crippen molar-refractivity contribution in [1.29, 1.82) is 0 Å². The predicted octanol–water partition coefficient (Wildman–Crippen LogP) is 4.63. The molecule has 4 rings (SSSR count). The predicted molar refractivity (Wildman–Crippen MR) is 83.3 cm³/mol. The van der Waals surface area contributed by atoms with Gasteiger partial charge in [-0.05, 0) is 34.4 Å². The van der Waals surface area contributed by atoms with E-state index < -0.39 is 0 Å². The molecule has 0 spiro atoms. The van der Waals surface area contributed by atoms with E-state index in [0.29, 0.717) is 24.8 Å². The normalized spacial score (nSPS) is 17.2. The maximum atomic E-state index is 6.71. The van der Waals surface area contributed by atoms with Crippen LogP contribution in [0, 0.1) is 0 Å². The van der Waals surface area contributed by atoms with Crippen molar-refractivity contribution < 1.29 is 9.47 Å². The van der Waals surface area contributed by atoms with E-state index in [4.69, 9.17) is 32.7 Å². The number of hydrogen-bond donors (Lipinski definition) is 0. The van der Waals surface area contributed by atoms with Crippen molar-refractivity contribution in [2.45, 2.75) is 25.0 Å². The molecule has 4 heteroatoms. The van der Waals surface area contributed by atoms with Gasteiger partial charge in [-0.1, -0.05) is 29.8 Å². The van der Waals surface area contributed by atoms with Gasteiger partial charge in [0.05, 0.1) is 25.2 Å². The summed E-state index contributed by atoms with van der Waals surface area (Å²) in [6.07, 6.45) is 0.893. The van der Waals surface area contributed by atoms with Gasteiger partial charge in [0.2, 0.25) is 0 Å². The lowest BCUT2D eigenvalue weighted by molar-refractivity contribution is 0.134. The van der Waals surface area contributed by atoms with Gasteiger partial charge in [-0.2, -0.15) is 0 Å². The summed E-state index contributed by atoms with van der Waals surface area (Å²) in [5.74, 6) is 0.899. The third kappa shape index (κ3) is 2.32. The molecule has 2 aromatic rings. The fraction of sp³-hybridized carbons (Fsp3) is 0.294. The van der Waals surface area contributed by atoms with E-state index in [2.05, 4.69) is 18.2 Å². The van der Waals surface area contributed by atoms with Crippen LogP contribution in [0.15, 0.2) is 30.3 Å². The largest absolute Gasteiger partial charge is 0.493 e. The first kappa shape index (κ1) is 13.4. The van der Waals surface area contributed by atoms with Gasteiger partial charge in [0.15, 0.2) is 0 Å². The van der Waals surface area contributed by atoms with Gasteiger partial charge < -0.3 is 9.47 Å². The van der Waals surface area contributed by atoms with Gasteiger partial charge in [0.1, 0.15) is 5.75 Å². The summed E-state index contributed by atoms with van der Waals surface area (Å²) in [6, 6.07) is 10.2. The molecule has 2 aliphatic rings. The molecule has 0 fully saturated rings. The number of fused-ring (bicyclic) bond motifs is 2. The fourth-order valence-electron chi connectivity index (χ4n) is 3.02. The van der Waals surface area contributed by atoms with E-state index in [9.17, 15) is 0 Å². The average Bonchev–Trinajstić information content (AvgIpc) is 3.12. The first-order chi connectivity index (χ1) is 10.2. The van der Waals surface area contributed by atoms with Gasteiger partial charge in [-0.15, -0.1) is 11.6 Å². The SMILES string of the molecule is Clc1cc2c(c(C(Cl)c3ccc4c(c3)COC4)c1)OCC2. The molecule has 0 bridgehead atoms. The quantitative estimate of drug-likeness (QED) is 0.751. The Morgan fingerprint density at radius 1 is 1.00 bits per heavy atom. The van der Waals surface area contributed by atoms with Crippen LogP contribution < -0.4 is 4.74 Å². The van der Waals surface area contributed by atoms with Crippen LogP contribution in [0.1, 0.15) is 33.2 Å². The molecule has 2 aliphatic heterocycles. The van der Waals surface area contributed by atoms with Crippen LogP contribution in [0.2, 0.25) is 5.02 Å². The number of ether oxygens (including phenoxy) is 2. The van der Waals surface area contributed by atoms with Crippen molar-refractivity contribution in [2.75, 3.05) is 6.61 Å². The number of hydrogen-bond acceptors (Lipinski definition) is 2. The summed E-state index contributed by atoms with van der Waals surface area (Å²) >= 11 is 12.9. The minimum atomic E-state index is -0.263. The molecule has 0 aromatic heterocycles. The van der Waals surface area contributed by atoms with Gasteiger partial charge in [0, 0.05) is 17.0 Å². The molecular weight excluding hydrogens is 307 g/mol. The van der Waals surface area contributed by atoms with E-state index >= 15 is 0 Å². The maximum Gasteiger partial charge on any atom is 0.127 e. The Kier molecular flexibility index (Phi) is 3.33. The molecule has 0 aliphatic carbocycles. The molecule has 0 N–H and O–H groups in total. The van der Waals surface area contributed by atoms with Crippen LogP contribution in [0.3, 0.4) is 0 Å². The molecule has 0 radical (unpaired) electrons. The Bertz CT molecular complexity index is 712. The van der Waals surface area contributed by atoms with Gasteiger partial charge in [-0.25, -0.2) is 0 Å². The van der Waals surface area contributed by atoms with E-state index in [0.717, 1.165) is 28.9 Å². The molecule has 21 heavy (non-hydrogen) atoms. The molecule has 0 saturated carbocycles. The highest BCUT2D eigenvalue weighted by Crippen LogP contribution is 2.42. The Labute approximate surface area is 133 Å².